The minimum Gasteiger partial charge on any atom is -0.353 e. The fourth-order valence-electron chi connectivity index (χ4n) is 4.34. The van der Waals surface area contributed by atoms with Crippen LogP contribution in [0.5, 0.6) is 0 Å². The number of hydrogen-bond donors (Lipinski definition) is 2. The number of rotatable bonds is 4. The highest BCUT2D eigenvalue weighted by atomic mass is 16.1. The van der Waals surface area contributed by atoms with E-state index in [-0.39, 0.29) is 11.5 Å². The highest BCUT2D eigenvalue weighted by molar-refractivity contribution is 5.79. The number of carbonyl (C=O) groups excluding carboxylic acids is 1. The van der Waals surface area contributed by atoms with Crippen LogP contribution in [0.1, 0.15) is 80.1 Å². The molecule has 0 aromatic carbocycles. The van der Waals surface area contributed by atoms with Crippen LogP contribution < -0.4 is 10.6 Å². The highest BCUT2D eigenvalue weighted by Gasteiger charge is 2.30. The molecule has 0 atom stereocenters. The zero-order chi connectivity index (χ0) is 18.7. The van der Waals surface area contributed by atoms with Gasteiger partial charge in [-0.2, -0.15) is 0 Å². The van der Waals surface area contributed by atoms with Crippen LogP contribution in [0.4, 0.5) is 0 Å². The largest absolute Gasteiger partial charge is 0.353 e. The van der Waals surface area contributed by atoms with Crippen molar-refractivity contribution >= 4 is 5.91 Å². The number of nitrogens with one attached hydrogen (secondary N) is 2. The average Bonchev–Trinajstić information content (AvgIpc) is 2.47. The van der Waals surface area contributed by atoms with Crippen LogP contribution in [-0.2, 0) is 4.79 Å². The predicted molar refractivity (Wildman–Crippen MR) is 106 cm³/mol. The van der Waals surface area contributed by atoms with Gasteiger partial charge in [-0.15, -0.1) is 0 Å². The van der Waals surface area contributed by atoms with Crippen molar-refractivity contribution in [3.05, 3.63) is 0 Å². The van der Waals surface area contributed by atoms with Gasteiger partial charge < -0.3 is 15.5 Å². The van der Waals surface area contributed by atoms with E-state index in [1.165, 1.54) is 12.8 Å². The lowest BCUT2D eigenvalue weighted by Gasteiger charge is -2.37. The summed E-state index contributed by atoms with van der Waals surface area (Å²) in [5, 5.41) is 7.05. The summed E-state index contributed by atoms with van der Waals surface area (Å²) < 4.78 is 0. The van der Waals surface area contributed by atoms with Crippen molar-refractivity contribution in [1.82, 2.24) is 15.5 Å². The van der Waals surface area contributed by atoms with Crippen molar-refractivity contribution in [2.75, 3.05) is 19.6 Å². The maximum Gasteiger partial charge on any atom is 0.223 e. The van der Waals surface area contributed by atoms with Crippen LogP contribution >= 0.6 is 0 Å². The van der Waals surface area contributed by atoms with Gasteiger partial charge in [-0.05, 0) is 77.8 Å². The zero-order valence-corrected chi connectivity index (χ0v) is 17.5. The lowest BCUT2D eigenvalue weighted by Crippen LogP contribution is -2.49. The Kier molecular flexibility index (Phi) is 6.94. The van der Waals surface area contributed by atoms with E-state index < -0.39 is 0 Å². The molecule has 1 amide bonds. The minimum absolute atomic E-state index is 0.182. The van der Waals surface area contributed by atoms with Crippen molar-refractivity contribution in [3.63, 3.8) is 0 Å². The topological polar surface area (TPSA) is 44.4 Å². The second kappa shape index (κ2) is 8.39. The second-order valence-corrected chi connectivity index (χ2v) is 10.6. The van der Waals surface area contributed by atoms with Gasteiger partial charge in [0.1, 0.15) is 0 Å². The molecule has 1 saturated carbocycles. The quantitative estimate of drug-likeness (QED) is 0.814. The van der Waals surface area contributed by atoms with Gasteiger partial charge in [0.15, 0.2) is 0 Å². The number of carbonyl (C=O) groups is 1. The monoisotopic (exact) mass is 351 g/mol. The molecular formula is C21H41N3O. The summed E-state index contributed by atoms with van der Waals surface area (Å²) in [6, 6.07) is 0.993. The molecule has 0 radical (unpaired) electrons. The summed E-state index contributed by atoms with van der Waals surface area (Å²) in [6.45, 7) is 16.8. The van der Waals surface area contributed by atoms with Crippen molar-refractivity contribution in [3.8, 4) is 0 Å². The maximum absolute atomic E-state index is 12.6. The molecule has 1 aliphatic carbocycles. The third-order valence-corrected chi connectivity index (χ3v) is 5.37. The Morgan fingerprint density at radius 3 is 1.88 bits per heavy atom. The van der Waals surface area contributed by atoms with Gasteiger partial charge in [-0.3, -0.25) is 4.79 Å². The molecule has 25 heavy (non-hydrogen) atoms. The summed E-state index contributed by atoms with van der Waals surface area (Å²) in [5.74, 6) is 0.532. The fourth-order valence-corrected chi connectivity index (χ4v) is 4.34. The third kappa shape index (κ3) is 7.65. The molecular weight excluding hydrogens is 310 g/mol. The van der Waals surface area contributed by atoms with Crippen LogP contribution in [0, 0.1) is 11.3 Å². The molecule has 0 spiro atoms. The fraction of sp³-hybridized carbons (Fsp3) is 0.952. The van der Waals surface area contributed by atoms with E-state index in [4.69, 9.17) is 0 Å². The van der Waals surface area contributed by atoms with E-state index in [9.17, 15) is 4.79 Å². The summed E-state index contributed by atoms with van der Waals surface area (Å²) >= 11 is 0. The lowest BCUT2D eigenvalue weighted by molar-refractivity contribution is -0.127. The summed E-state index contributed by atoms with van der Waals surface area (Å²) in [5.41, 5.74) is 0.524. The van der Waals surface area contributed by atoms with Crippen molar-refractivity contribution < 1.29 is 4.79 Å². The van der Waals surface area contributed by atoms with Gasteiger partial charge in [0.25, 0.3) is 0 Å². The first-order chi connectivity index (χ1) is 11.5. The van der Waals surface area contributed by atoms with Crippen LogP contribution in [0.25, 0.3) is 0 Å². The Balaban J connectivity index is 1.68. The minimum atomic E-state index is 0.182. The first-order valence-electron chi connectivity index (χ1n) is 10.3. The molecule has 4 nitrogen and oxygen atoms in total. The Morgan fingerprint density at radius 1 is 0.880 bits per heavy atom. The molecule has 0 aromatic rings. The number of amides is 1. The first-order valence-corrected chi connectivity index (χ1v) is 10.3. The molecule has 1 aliphatic heterocycles. The van der Waals surface area contributed by atoms with Gasteiger partial charge in [0, 0.05) is 30.1 Å². The Labute approximate surface area is 155 Å². The van der Waals surface area contributed by atoms with Crippen LogP contribution in [0.15, 0.2) is 0 Å². The van der Waals surface area contributed by atoms with Crippen LogP contribution in [0.3, 0.4) is 0 Å². The predicted octanol–water partition coefficient (Wildman–Crippen LogP) is 3.56. The Hall–Kier alpha value is -0.610. The van der Waals surface area contributed by atoms with E-state index in [2.05, 4.69) is 57.1 Å². The molecule has 2 fully saturated rings. The summed E-state index contributed by atoms with van der Waals surface area (Å²) in [6.07, 6.45) is 6.61. The zero-order valence-electron chi connectivity index (χ0n) is 17.5. The molecule has 2 rings (SSSR count). The number of likely N-dealkylation sites (tertiary alicyclic amines) is 1. The molecule has 2 aliphatic rings. The van der Waals surface area contributed by atoms with Gasteiger partial charge in [-0.25, -0.2) is 0 Å². The number of hydrogen-bond acceptors (Lipinski definition) is 3. The standard InChI is InChI=1S/C21H41N3O/c1-20(2,3)15-24-13-11-16(12-14-24)19(25)22-17-7-9-18(10-8-17)23-21(4,5)6/h16-18,23H,7-15H2,1-6H3,(H,22,25). The maximum atomic E-state index is 12.6. The van der Waals surface area contributed by atoms with Crippen LogP contribution in [0.2, 0.25) is 0 Å². The van der Waals surface area contributed by atoms with E-state index in [0.29, 0.717) is 23.4 Å². The van der Waals surface area contributed by atoms with E-state index in [0.717, 1.165) is 45.3 Å². The molecule has 0 aromatic heterocycles. The smallest absolute Gasteiger partial charge is 0.223 e. The van der Waals surface area contributed by atoms with E-state index >= 15 is 0 Å². The molecule has 1 heterocycles. The highest BCUT2D eigenvalue weighted by Crippen LogP contribution is 2.24. The van der Waals surface area contributed by atoms with Crippen molar-refractivity contribution in [1.29, 1.82) is 0 Å². The van der Waals surface area contributed by atoms with Gasteiger partial charge in [0.2, 0.25) is 5.91 Å². The van der Waals surface area contributed by atoms with Crippen molar-refractivity contribution in [2.45, 2.75) is 97.7 Å². The SMILES string of the molecule is CC(C)(C)CN1CCC(C(=O)NC2CCC(NC(C)(C)C)CC2)CC1. The Bertz CT molecular complexity index is 419. The molecule has 2 N–H and O–H groups in total. The Morgan fingerprint density at radius 2 is 1.40 bits per heavy atom. The number of piperidine rings is 1. The average molecular weight is 352 g/mol. The van der Waals surface area contributed by atoms with Gasteiger partial charge >= 0.3 is 0 Å². The number of nitrogens with zero attached hydrogens (tertiary/aromatic N) is 1. The summed E-state index contributed by atoms with van der Waals surface area (Å²) in [4.78, 5) is 15.1. The lowest BCUT2D eigenvalue weighted by atomic mass is 9.88. The van der Waals surface area contributed by atoms with Crippen molar-refractivity contribution in [2.24, 2.45) is 11.3 Å². The molecule has 146 valence electrons. The normalized spacial score (nSPS) is 27.3. The van der Waals surface area contributed by atoms with E-state index in [1.54, 1.807) is 0 Å². The van der Waals surface area contributed by atoms with Gasteiger partial charge in [0.05, 0.1) is 0 Å². The molecule has 0 unspecified atom stereocenters. The molecule has 4 heteroatoms. The summed E-state index contributed by atoms with van der Waals surface area (Å²) in [7, 11) is 0. The van der Waals surface area contributed by atoms with Crippen LogP contribution in [-0.4, -0.2) is 48.1 Å². The first kappa shape index (κ1) is 20.7. The second-order valence-electron chi connectivity index (χ2n) is 10.6. The molecule has 1 saturated heterocycles. The van der Waals surface area contributed by atoms with E-state index in [1.807, 2.05) is 0 Å². The third-order valence-electron chi connectivity index (χ3n) is 5.37. The molecule has 0 bridgehead atoms. The van der Waals surface area contributed by atoms with Gasteiger partial charge in [-0.1, -0.05) is 20.8 Å².